The molecule has 1 saturated heterocycles. The lowest BCUT2D eigenvalue weighted by molar-refractivity contribution is -0.134. The van der Waals surface area contributed by atoms with Gasteiger partial charge in [-0.3, -0.25) is 9.69 Å². The predicted octanol–water partition coefficient (Wildman–Crippen LogP) is 15.4. The number of nitrogens with zero attached hydrogens (tertiary/aromatic N) is 4. The number of carbonyl (C=O) groups excluding carboxylic acids is 1. The molecule has 1 fully saturated rings. The summed E-state index contributed by atoms with van der Waals surface area (Å²) in [5.74, 6) is 0.341. The zero-order valence-corrected chi connectivity index (χ0v) is 43.1. The first-order valence-electron chi connectivity index (χ1n) is 28.4. The molecule has 1 amide bonds. The van der Waals surface area contributed by atoms with Crippen LogP contribution in [0.4, 0.5) is 0 Å². The third-order valence-electron chi connectivity index (χ3n) is 13.9. The van der Waals surface area contributed by atoms with E-state index in [9.17, 15) is 4.79 Å². The molecule has 1 heterocycles. The van der Waals surface area contributed by atoms with Crippen LogP contribution in [0.1, 0.15) is 265 Å². The van der Waals surface area contributed by atoms with E-state index in [1.165, 1.54) is 256 Å². The Balaban J connectivity index is 2.58. The van der Waals surface area contributed by atoms with Crippen LogP contribution < -0.4 is 5.32 Å². The SMILES string of the molecule is C=C(CNCCCCCCCCCCCC)N1CCN(C(=O)CN(CCCCCCCCC)CCN(CCCCCCCCCCCC)CCCCCCCCCCCC)CC1. The van der Waals surface area contributed by atoms with Gasteiger partial charge in [0.1, 0.15) is 0 Å². The van der Waals surface area contributed by atoms with Crippen molar-refractivity contribution >= 4 is 5.91 Å². The molecular formula is C56H113N5O. The summed E-state index contributed by atoms with van der Waals surface area (Å²) in [5.41, 5.74) is 1.19. The molecule has 0 aromatic heterocycles. The summed E-state index contributed by atoms with van der Waals surface area (Å²) in [7, 11) is 0. The van der Waals surface area contributed by atoms with Gasteiger partial charge < -0.3 is 20.0 Å². The van der Waals surface area contributed by atoms with Crippen molar-refractivity contribution in [2.75, 3.05) is 78.5 Å². The van der Waals surface area contributed by atoms with Crippen LogP contribution in [0.2, 0.25) is 0 Å². The van der Waals surface area contributed by atoms with E-state index in [2.05, 4.69) is 59.2 Å². The van der Waals surface area contributed by atoms with E-state index in [0.717, 1.165) is 58.9 Å². The van der Waals surface area contributed by atoms with Crippen molar-refractivity contribution in [2.24, 2.45) is 0 Å². The number of piperazine rings is 1. The van der Waals surface area contributed by atoms with Crippen LogP contribution >= 0.6 is 0 Å². The number of hydrogen-bond acceptors (Lipinski definition) is 5. The fraction of sp³-hybridized carbons (Fsp3) is 0.946. The minimum absolute atomic E-state index is 0.341. The fourth-order valence-corrected chi connectivity index (χ4v) is 9.47. The lowest BCUT2D eigenvalue weighted by Crippen LogP contribution is -2.52. The number of carbonyl (C=O) groups is 1. The molecule has 0 spiro atoms. The van der Waals surface area contributed by atoms with Crippen LogP contribution in [0.5, 0.6) is 0 Å². The second-order valence-electron chi connectivity index (χ2n) is 19.9. The molecule has 1 N–H and O–H groups in total. The van der Waals surface area contributed by atoms with Crippen molar-refractivity contribution in [3.63, 3.8) is 0 Å². The third-order valence-corrected chi connectivity index (χ3v) is 13.9. The Labute approximate surface area is 390 Å². The molecule has 0 unspecified atom stereocenters. The second kappa shape index (κ2) is 46.4. The average Bonchev–Trinajstić information content (AvgIpc) is 3.28. The monoisotopic (exact) mass is 872 g/mol. The molecule has 6 heteroatoms. The highest BCUT2D eigenvalue weighted by Crippen LogP contribution is 2.16. The smallest absolute Gasteiger partial charge is 0.236 e. The number of rotatable bonds is 49. The van der Waals surface area contributed by atoms with Crippen LogP contribution in [0.3, 0.4) is 0 Å². The highest BCUT2D eigenvalue weighted by atomic mass is 16.2. The second-order valence-corrected chi connectivity index (χ2v) is 19.9. The van der Waals surface area contributed by atoms with E-state index in [1.54, 1.807) is 0 Å². The molecule has 0 atom stereocenters. The van der Waals surface area contributed by atoms with Crippen LogP contribution in [0.25, 0.3) is 0 Å². The molecule has 62 heavy (non-hydrogen) atoms. The molecule has 0 aromatic rings. The average molecular weight is 873 g/mol. The van der Waals surface area contributed by atoms with Gasteiger partial charge in [0.15, 0.2) is 0 Å². The summed E-state index contributed by atoms with van der Waals surface area (Å²) in [4.78, 5) is 23.8. The zero-order chi connectivity index (χ0) is 44.8. The van der Waals surface area contributed by atoms with Gasteiger partial charge in [-0.15, -0.1) is 0 Å². The quantitative estimate of drug-likeness (QED) is 0.0617. The van der Waals surface area contributed by atoms with Crippen LogP contribution in [-0.2, 0) is 4.79 Å². The van der Waals surface area contributed by atoms with Gasteiger partial charge in [0.05, 0.1) is 6.54 Å². The minimum atomic E-state index is 0.341. The summed E-state index contributed by atoms with van der Waals surface area (Å²) < 4.78 is 0. The summed E-state index contributed by atoms with van der Waals surface area (Å²) >= 11 is 0. The summed E-state index contributed by atoms with van der Waals surface area (Å²) in [6.07, 6.45) is 51.0. The van der Waals surface area contributed by atoms with Crippen molar-refractivity contribution in [1.82, 2.24) is 24.9 Å². The van der Waals surface area contributed by atoms with E-state index in [4.69, 9.17) is 0 Å². The van der Waals surface area contributed by atoms with Gasteiger partial charge in [0.2, 0.25) is 5.91 Å². The highest BCUT2D eigenvalue weighted by molar-refractivity contribution is 5.78. The highest BCUT2D eigenvalue weighted by Gasteiger charge is 2.23. The van der Waals surface area contributed by atoms with E-state index in [1.807, 2.05) is 0 Å². The lowest BCUT2D eigenvalue weighted by Gasteiger charge is -2.38. The van der Waals surface area contributed by atoms with Crippen molar-refractivity contribution in [1.29, 1.82) is 0 Å². The summed E-state index contributed by atoms with van der Waals surface area (Å²) in [5, 5.41) is 3.66. The molecule has 368 valence electrons. The molecule has 1 rings (SSSR count). The first-order chi connectivity index (χ1) is 30.5. The van der Waals surface area contributed by atoms with E-state index in [-0.39, 0.29) is 0 Å². The predicted molar refractivity (Wildman–Crippen MR) is 277 cm³/mol. The molecule has 0 saturated carbocycles. The van der Waals surface area contributed by atoms with Crippen LogP contribution in [0.15, 0.2) is 12.3 Å². The molecule has 0 bridgehead atoms. The van der Waals surface area contributed by atoms with Crippen molar-refractivity contribution in [3.05, 3.63) is 12.3 Å². The van der Waals surface area contributed by atoms with Gasteiger partial charge in [-0.05, 0) is 51.9 Å². The van der Waals surface area contributed by atoms with Gasteiger partial charge in [-0.1, -0.05) is 246 Å². The molecule has 0 radical (unpaired) electrons. The first kappa shape index (κ1) is 58.9. The Morgan fingerprint density at radius 3 is 1.05 bits per heavy atom. The van der Waals surface area contributed by atoms with Crippen molar-refractivity contribution < 1.29 is 4.79 Å². The number of amides is 1. The normalized spacial score (nSPS) is 13.3. The van der Waals surface area contributed by atoms with Gasteiger partial charge in [-0.25, -0.2) is 0 Å². The number of hydrogen-bond donors (Lipinski definition) is 1. The summed E-state index contributed by atoms with van der Waals surface area (Å²) in [6.45, 7) is 25.3. The molecule has 1 aliphatic rings. The molecule has 1 aliphatic heterocycles. The topological polar surface area (TPSA) is 42.1 Å². The van der Waals surface area contributed by atoms with Crippen LogP contribution in [-0.4, -0.2) is 104 Å². The standard InChI is InChI=1S/C56H113N5O/c1-6-10-14-18-22-25-28-31-35-39-43-57-53-55(5)60-49-51-61(52-50-60)56(62)54-59(46-42-38-32-21-17-13-9-4)48-47-58(44-40-36-33-29-26-23-19-15-11-7-2)45-41-37-34-30-27-24-20-16-12-8-3/h57H,5-54H2,1-4H3. The van der Waals surface area contributed by atoms with Gasteiger partial charge >= 0.3 is 0 Å². The van der Waals surface area contributed by atoms with Gasteiger partial charge in [0.25, 0.3) is 0 Å². The maximum Gasteiger partial charge on any atom is 0.236 e. The maximum absolute atomic E-state index is 13.9. The van der Waals surface area contributed by atoms with Gasteiger partial charge in [0, 0.05) is 51.5 Å². The van der Waals surface area contributed by atoms with E-state index in [0.29, 0.717) is 12.5 Å². The Kier molecular flexibility index (Phi) is 44.1. The van der Waals surface area contributed by atoms with Crippen molar-refractivity contribution in [3.8, 4) is 0 Å². The summed E-state index contributed by atoms with van der Waals surface area (Å²) in [6, 6.07) is 0. The Bertz CT molecular complexity index is 911. The van der Waals surface area contributed by atoms with E-state index >= 15 is 0 Å². The molecule has 0 aromatic carbocycles. The largest absolute Gasteiger partial charge is 0.371 e. The minimum Gasteiger partial charge on any atom is -0.371 e. The third kappa shape index (κ3) is 37.1. The van der Waals surface area contributed by atoms with Crippen LogP contribution in [0, 0.1) is 0 Å². The van der Waals surface area contributed by atoms with E-state index < -0.39 is 0 Å². The lowest BCUT2D eigenvalue weighted by atomic mass is 10.1. The Morgan fingerprint density at radius 2 is 0.677 bits per heavy atom. The Hall–Kier alpha value is -1.11. The Morgan fingerprint density at radius 1 is 0.387 bits per heavy atom. The number of unbranched alkanes of at least 4 members (excludes halogenated alkanes) is 33. The number of nitrogens with one attached hydrogen (secondary N) is 1. The maximum atomic E-state index is 13.9. The zero-order valence-electron chi connectivity index (χ0n) is 43.1. The fourth-order valence-electron chi connectivity index (χ4n) is 9.47. The van der Waals surface area contributed by atoms with Crippen molar-refractivity contribution in [2.45, 2.75) is 265 Å². The molecule has 0 aliphatic carbocycles. The van der Waals surface area contributed by atoms with Gasteiger partial charge in [-0.2, -0.15) is 0 Å². The molecular weight excluding hydrogens is 759 g/mol. The molecule has 6 nitrogen and oxygen atoms in total. The first-order valence-corrected chi connectivity index (χ1v) is 28.4.